The highest BCUT2D eigenvalue weighted by atomic mass is 19.1. The number of carbonyl (C=O) groups is 1. The van der Waals surface area contributed by atoms with Gasteiger partial charge >= 0.3 is 0 Å². The fraction of sp³-hybridized carbons (Fsp3) is 0.969. The largest absolute Gasteiger partial charge is 0.550 e. The maximum absolute atomic E-state index is 16.0. The fourth-order valence-electron chi connectivity index (χ4n) is 9.09. The van der Waals surface area contributed by atoms with Crippen LogP contribution in [0, 0.1) is 46.8 Å². The third kappa shape index (κ3) is 7.04. The van der Waals surface area contributed by atoms with E-state index in [2.05, 4.69) is 27.7 Å². The summed E-state index contributed by atoms with van der Waals surface area (Å²) in [6.07, 6.45) is 19.8. The van der Waals surface area contributed by atoms with E-state index in [1.54, 1.807) is 0 Å². The standard InChI is InChI=1S/C32H57FO2/c1-5-8-10-29(32(20-7-3)21-19-28(31(34)35)22-30(32)33)23(4)25-15-17-27(18-16-25)26-13-11-24(9-6-2)12-14-26/h23-30H,5-22H2,1-4H3,(H,34,35)/p-1. The van der Waals surface area contributed by atoms with Crippen molar-refractivity contribution in [1.82, 2.24) is 0 Å². The number of carboxylic acid groups (broad SMARTS) is 1. The first-order valence-corrected chi connectivity index (χ1v) is 15.7. The molecule has 5 atom stereocenters. The van der Waals surface area contributed by atoms with Crippen LogP contribution < -0.4 is 5.11 Å². The van der Waals surface area contributed by atoms with Crippen molar-refractivity contribution in [3.05, 3.63) is 0 Å². The third-order valence-corrected chi connectivity index (χ3v) is 11.2. The molecule has 0 aromatic rings. The number of hydrogen-bond donors (Lipinski definition) is 0. The van der Waals surface area contributed by atoms with Gasteiger partial charge in [0.25, 0.3) is 0 Å². The lowest BCUT2D eigenvalue weighted by molar-refractivity contribution is -0.314. The maximum atomic E-state index is 16.0. The van der Waals surface area contributed by atoms with E-state index in [1.165, 1.54) is 64.2 Å². The van der Waals surface area contributed by atoms with Gasteiger partial charge in [0.1, 0.15) is 6.17 Å². The fourth-order valence-corrected chi connectivity index (χ4v) is 9.09. The topological polar surface area (TPSA) is 40.1 Å². The van der Waals surface area contributed by atoms with Gasteiger partial charge in [0.2, 0.25) is 0 Å². The van der Waals surface area contributed by atoms with Crippen molar-refractivity contribution >= 4 is 5.97 Å². The highest BCUT2D eigenvalue weighted by molar-refractivity contribution is 5.67. The molecule has 0 aliphatic heterocycles. The monoisotopic (exact) mass is 491 g/mol. The van der Waals surface area contributed by atoms with Crippen LogP contribution in [0.5, 0.6) is 0 Å². The Bertz CT molecular complexity index is 619. The third-order valence-electron chi connectivity index (χ3n) is 11.2. The lowest BCUT2D eigenvalue weighted by Gasteiger charge is -2.52. The van der Waals surface area contributed by atoms with E-state index in [0.29, 0.717) is 24.2 Å². The molecule has 0 aromatic heterocycles. The first-order valence-electron chi connectivity index (χ1n) is 15.7. The van der Waals surface area contributed by atoms with Crippen LogP contribution in [0.1, 0.15) is 143 Å². The van der Waals surface area contributed by atoms with Gasteiger partial charge in [0.05, 0.1) is 0 Å². The normalized spacial score (nSPS) is 38.1. The zero-order chi connectivity index (χ0) is 25.4. The summed E-state index contributed by atoms with van der Waals surface area (Å²) in [5.74, 6) is 2.85. The second-order valence-electron chi connectivity index (χ2n) is 13.1. The second-order valence-corrected chi connectivity index (χ2v) is 13.1. The van der Waals surface area contributed by atoms with E-state index in [-0.39, 0.29) is 11.8 Å². The number of alkyl halides is 1. The number of aliphatic carboxylic acids is 1. The number of unbranched alkanes of at least 4 members (excludes halogenated alkanes) is 1. The summed E-state index contributed by atoms with van der Waals surface area (Å²) in [6, 6.07) is 0. The molecule has 2 nitrogen and oxygen atoms in total. The zero-order valence-electron chi connectivity index (χ0n) is 23.5. The Morgan fingerprint density at radius 2 is 1.54 bits per heavy atom. The van der Waals surface area contributed by atoms with Crippen molar-refractivity contribution < 1.29 is 14.3 Å². The van der Waals surface area contributed by atoms with Gasteiger partial charge in [-0.05, 0) is 106 Å². The Morgan fingerprint density at radius 3 is 2.06 bits per heavy atom. The van der Waals surface area contributed by atoms with Crippen molar-refractivity contribution in [3.8, 4) is 0 Å². The van der Waals surface area contributed by atoms with Crippen molar-refractivity contribution in [3.63, 3.8) is 0 Å². The van der Waals surface area contributed by atoms with Crippen molar-refractivity contribution in [2.24, 2.45) is 46.8 Å². The molecule has 0 saturated heterocycles. The number of carbonyl (C=O) groups excluding carboxylic acids is 1. The summed E-state index contributed by atoms with van der Waals surface area (Å²) in [5, 5.41) is 11.5. The first kappa shape index (κ1) is 29.0. The molecular weight excluding hydrogens is 435 g/mol. The van der Waals surface area contributed by atoms with Crippen molar-refractivity contribution in [2.45, 2.75) is 149 Å². The molecule has 0 amide bonds. The smallest absolute Gasteiger partial charge is 0.107 e. The minimum absolute atomic E-state index is 0.172. The van der Waals surface area contributed by atoms with E-state index in [9.17, 15) is 9.90 Å². The molecule has 3 aliphatic rings. The molecule has 0 heterocycles. The minimum atomic E-state index is -1.04. The molecule has 204 valence electrons. The molecule has 0 radical (unpaired) electrons. The summed E-state index contributed by atoms with van der Waals surface area (Å²) in [4.78, 5) is 11.5. The number of halogens is 1. The average Bonchev–Trinajstić information content (AvgIpc) is 2.86. The van der Waals surface area contributed by atoms with Gasteiger partial charge in [0, 0.05) is 17.3 Å². The Hall–Kier alpha value is -0.600. The van der Waals surface area contributed by atoms with Crippen LogP contribution in [0.15, 0.2) is 0 Å². The lowest BCUT2D eigenvalue weighted by atomic mass is 9.54. The lowest BCUT2D eigenvalue weighted by Crippen LogP contribution is -2.50. The van der Waals surface area contributed by atoms with Gasteiger partial charge in [-0.25, -0.2) is 4.39 Å². The van der Waals surface area contributed by atoms with Crippen LogP contribution in [-0.4, -0.2) is 12.1 Å². The molecule has 3 aliphatic carbocycles. The first-order chi connectivity index (χ1) is 16.9. The molecule has 0 bridgehead atoms. The van der Waals surface area contributed by atoms with Crippen LogP contribution in [0.4, 0.5) is 4.39 Å². The SMILES string of the molecule is CCCCC(C(C)C1CCC(C2CCC(CCC)CC2)CC1)C1(CCC)CCC(C(=O)[O-])CC1F. The van der Waals surface area contributed by atoms with E-state index in [0.717, 1.165) is 56.3 Å². The highest BCUT2D eigenvalue weighted by Crippen LogP contribution is 2.56. The molecule has 0 N–H and O–H groups in total. The van der Waals surface area contributed by atoms with Crippen LogP contribution in [-0.2, 0) is 4.79 Å². The molecule has 5 unspecified atom stereocenters. The summed E-state index contributed by atoms with van der Waals surface area (Å²) in [7, 11) is 0. The minimum Gasteiger partial charge on any atom is -0.550 e. The van der Waals surface area contributed by atoms with Crippen LogP contribution in [0.25, 0.3) is 0 Å². The molecule has 3 heteroatoms. The summed E-state index contributed by atoms with van der Waals surface area (Å²) in [6.45, 7) is 9.19. The summed E-state index contributed by atoms with van der Waals surface area (Å²) < 4.78 is 16.0. The average molecular weight is 492 g/mol. The molecule has 0 spiro atoms. The molecule has 3 rings (SSSR count). The maximum Gasteiger partial charge on any atom is 0.107 e. The predicted octanol–water partition coefficient (Wildman–Crippen LogP) is 8.52. The molecule has 3 fully saturated rings. The number of hydrogen-bond acceptors (Lipinski definition) is 2. The quantitative estimate of drug-likeness (QED) is 0.274. The number of carboxylic acids is 1. The van der Waals surface area contributed by atoms with E-state index in [4.69, 9.17) is 0 Å². The van der Waals surface area contributed by atoms with Gasteiger partial charge in [-0.15, -0.1) is 0 Å². The van der Waals surface area contributed by atoms with Crippen molar-refractivity contribution in [1.29, 1.82) is 0 Å². The number of rotatable bonds is 12. The molecule has 0 aromatic carbocycles. The Kier molecular flexibility index (Phi) is 11.4. The van der Waals surface area contributed by atoms with Gasteiger partial charge in [-0.1, -0.05) is 72.6 Å². The molecular formula is C32H56FO2-. The van der Waals surface area contributed by atoms with Crippen LogP contribution in [0.2, 0.25) is 0 Å². The van der Waals surface area contributed by atoms with Gasteiger partial charge in [-0.2, -0.15) is 0 Å². The summed E-state index contributed by atoms with van der Waals surface area (Å²) in [5.41, 5.74) is -0.330. The van der Waals surface area contributed by atoms with E-state index < -0.39 is 18.1 Å². The molecule has 3 saturated carbocycles. The Morgan fingerprint density at radius 1 is 0.914 bits per heavy atom. The zero-order valence-corrected chi connectivity index (χ0v) is 23.5. The van der Waals surface area contributed by atoms with Gasteiger partial charge < -0.3 is 9.90 Å². The summed E-state index contributed by atoms with van der Waals surface area (Å²) >= 11 is 0. The van der Waals surface area contributed by atoms with Crippen LogP contribution >= 0.6 is 0 Å². The van der Waals surface area contributed by atoms with E-state index in [1.807, 2.05) is 0 Å². The Balaban J connectivity index is 1.65. The van der Waals surface area contributed by atoms with Gasteiger partial charge in [0.15, 0.2) is 0 Å². The molecule has 35 heavy (non-hydrogen) atoms. The van der Waals surface area contributed by atoms with Crippen LogP contribution in [0.3, 0.4) is 0 Å². The Labute approximate surface area is 216 Å². The second kappa shape index (κ2) is 13.8. The predicted molar refractivity (Wildman–Crippen MR) is 143 cm³/mol. The van der Waals surface area contributed by atoms with Crippen molar-refractivity contribution in [2.75, 3.05) is 0 Å². The van der Waals surface area contributed by atoms with E-state index >= 15 is 4.39 Å². The van der Waals surface area contributed by atoms with Gasteiger partial charge in [-0.3, -0.25) is 0 Å². The highest BCUT2D eigenvalue weighted by Gasteiger charge is 2.51.